The van der Waals surface area contributed by atoms with Crippen LogP contribution in [0.3, 0.4) is 0 Å². The van der Waals surface area contributed by atoms with E-state index in [1.807, 2.05) is 0 Å². The SMILES string of the molecule is Nc1cnc(Cl)nc1F. The van der Waals surface area contributed by atoms with Gasteiger partial charge in [-0.2, -0.15) is 9.37 Å². The molecule has 1 heterocycles. The Kier molecular flexibility index (Phi) is 1.48. The zero-order valence-electron chi connectivity index (χ0n) is 4.31. The lowest BCUT2D eigenvalue weighted by Crippen LogP contribution is -1.95. The van der Waals surface area contributed by atoms with Gasteiger partial charge in [-0.15, -0.1) is 0 Å². The molecule has 0 unspecified atom stereocenters. The fraction of sp³-hybridized carbons (Fsp3) is 0. The van der Waals surface area contributed by atoms with Crippen molar-refractivity contribution in [1.29, 1.82) is 0 Å². The van der Waals surface area contributed by atoms with Crippen LogP contribution in [0.25, 0.3) is 0 Å². The molecule has 0 atom stereocenters. The van der Waals surface area contributed by atoms with Crippen molar-refractivity contribution in [2.75, 3.05) is 5.73 Å². The number of halogens is 2. The van der Waals surface area contributed by atoms with Crippen molar-refractivity contribution in [3.05, 3.63) is 17.4 Å². The first-order valence-corrected chi connectivity index (χ1v) is 2.51. The second-order valence-corrected chi connectivity index (χ2v) is 1.72. The highest BCUT2D eigenvalue weighted by Crippen LogP contribution is 2.06. The minimum Gasteiger partial charge on any atom is -0.394 e. The average molecular weight is 148 g/mol. The number of anilines is 1. The largest absolute Gasteiger partial charge is 0.394 e. The van der Waals surface area contributed by atoms with Gasteiger partial charge in [-0.25, -0.2) is 4.98 Å². The minimum absolute atomic E-state index is 0.0978. The van der Waals surface area contributed by atoms with Gasteiger partial charge < -0.3 is 5.73 Å². The zero-order valence-corrected chi connectivity index (χ0v) is 5.06. The maximum absolute atomic E-state index is 12.2. The van der Waals surface area contributed by atoms with Gasteiger partial charge in [0.25, 0.3) is 0 Å². The third kappa shape index (κ3) is 1.26. The summed E-state index contributed by atoms with van der Waals surface area (Å²) in [4.78, 5) is 6.56. The molecule has 0 aromatic carbocycles. The van der Waals surface area contributed by atoms with E-state index in [2.05, 4.69) is 9.97 Å². The van der Waals surface area contributed by atoms with Crippen molar-refractivity contribution in [3.8, 4) is 0 Å². The van der Waals surface area contributed by atoms with Crippen LogP contribution >= 0.6 is 11.6 Å². The Morgan fingerprint density at radius 1 is 1.67 bits per heavy atom. The first-order valence-electron chi connectivity index (χ1n) is 2.13. The number of nitrogens with zero attached hydrogens (tertiary/aromatic N) is 2. The molecule has 5 heteroatoms. The second-order valence-electron chi connectivity index (χ2n) is 1.39. The van der Waals surface area contributed by atoms with Gasteiger partial charge in [0, 0.05) is 0 Å². The van der Waals surface area contributed by atoms with E-state index < -0.39 is 5.95 Å². The molecule has 1 rings (SSSR count). The maximum atomic E-state index is 12.2. The Morgan fingerprint density at radius 3 is 2.78 bits per heavy atom. The molecule has 48 valence electrons. The molecule has 0 spiro atoms. The Balaban J connectivity index is 3.17. The molecule has 0 saturated heterocycles. The van der Waals surface area contributed by atoms with Gasteiger partial charge >= 0.3 is 0 Å². The summed E-state index contributed by atoms with van der Waals surface area (Å²) in [7, 11) is 0. The van der Waals surface area contributed by atoms with Crippen LogP contribution in [0.2, 0.25) is 5.28 Å². The third-order valence-corrected chi connectivity index (χ3v) is 0.921. The van der Waals surface area contributed by atoms with Crippen molar-refractivity contribution in [3.63, 3.8) is 0 Å². The van der Waals surface area contributed by atoms with E-state index in [0.29, 0.717) is 0 Å². The summed E-state index contributed by atoms with van der Waals surface area (Å²) in [6.45, 7) is 0. The number of hydrogen-bond donors (Lipinski definition) is 1. The maximum Gasteiger partial charge on any atom is 0.240 e. The van der Waals surface area contributed by atoms with Gasteiger partial charge in [-0.05, 0) is 11.6 Å². The summed E-state index contributed by atoms with van der Waals surface area (Å²) in [5.41, 5.74) is 4.93. The van der Waals surface area contributed by atoms with E-state index in [0.717, 1.165) is 6.20 Å². The van der Waals surface area contributed by atoms with Crippen LogP contribution in [0.5, 0.6) is 0 Å². The molecule has 1 aromatic rings. The summed E-state index contributed by atoms with van der Waals surface area (Å²) in [5.74, 6) is -0.782. The van der Waals surface area contributed by atoms with E-state index in [9.17, 15) is 4.39 Å². The van der Waals surface area contributed by atoms with Crippen LogP contribution < -0.4 is 5.73 Å². The lowest BCUT2D eigenvalue weighted by Gasteiger charge is -1.91. The van der Waals surface area contributed by atoms with Gasteiger partial charge in [0.1, 0.15) is 5.69 Å². The topological polar surface area (TPSA) is 51.8 Å². The molecule has 0 fully saturated rings. The monoisotopic (exact) mass is 147 g/mol. The van der Waals surface area contributed by atoms with Crippen molar-refractivity contribution < 1.29 is 4.39 Å². The molecule has 0 aliphatic rings. The third-order valence-electron chi connectivity index (χ3n) is 0.739. The predicted molar refractivity (Wildman–Crippen MR) is 31.4 cm³/mol. The van der Waals surface area contributed by atoms with Crippen LogP contribution in [0, 0.1) is 5.95 Å². The fourth-order valence-corrected chi connectivity index (χ4v) is 0.473. The normalized spacial score (nSPS) is 9.56. The van der Waals surface area contributed by atoms with Crippen molar-refractivity contribution in [2.24, 2.45) is 0 Å². The predicted octanol–water partition coefficient (Wildman–Crippen LogP) is 0.851. The van der Waals surface area contributed by atoms with Crippen LogP contribution in [-0.2, 0) is 0 Å². The van der Waals surface area contributed by atoms with E-state index >= 15 is 0 Å². The highest BCUT2D eigenvalue weighted by molar-refractivity contribution is 6.28. The van der Waals surface area contributed by atoms with Crippen LogP contribution in [0.4, 0.5) is 10.1 Å². The number of aromatic nitrogens is 2. The summed E-state index contributed by atoms with van der Waals surface area (Å²) >= 11 is 5.20. The Hall–Kier alpha value is -0.900. The van der Waals surface area contributed by atoms with E-state index in [-0.39, 0.29) is 11.0 Å². The first-order chi connectivity index (χ1) is 4.20. The minimum atomic E-state index is -0.782. The van der Waals surface area contributed by atoms with Crippen molar-refractivity contribution >= 4 is 17.3 Å². The second kappa shape index (κ2) is 2.14. The number of nitrogen functional groups attached to an aromatic ring is 1. The van der Waals surface area contributed by atoms with Crippen LogP contribution in [0.1, 0.15) is 0 Å². The molecule has 2 N–H and O–H groups in total. The molecular weight excluding hydrogens is 145 g/mol. The van der Waals surface area contributed by atoms with Crippen LogP contribution in [0.15, 0.2) is 6.20 Å². The molecule has 0 bridgehead atoms. The molecule has 1 aromatic heterocycles. The van der Waals surface area contributed by atoms with Gasteiger partial charge in [0.2, 0.25) is 11.2 Å². The first kappa shape index (κ1) is 6.22. The zero-order chi connectivity index (χ0) is 6.85. The quantitative estimate of drug-likeness (QED) is 0.437. The molecular formula is C4H3ClFN3. The van der Waals surface area contributed by atoms with E-state index in [1.165, 1.54) is 0 Å². The summed E-state index contributed by atoms with van der Waals surface area (Å²) in [6.07, 6.45) is 1.12. The Labute approximate surface area is 55.7 Å². The molecule has 3 nitrogen and oxygen atoms in total. The lowest BCUT2D eigenvalue weighted by atomic mass is 10.5. The summed E-state index contributed by atoms with van der Waals surface area (Å²) in [5, 5.41) is -0.137. The smallest absolute Gasteiger partial charge is 0.240 e. The molecule has 0 aliphatic heterocycles. The van der Waals surface area contributed by atoms with Gasteiger partial charge in [0.05, 0.1) is 6.20 Å². The fourth-order valence-electron chi connectivity index (χ4n) is 0.350. The van der Waals surface area contributed by atoms with Gasteiger partial charge in [-0.3, -0.25) is 0 Å². The van der Waals surface area contributed by atoms with Crippen LogP contribution in [-0.4, -0.2) is 9.97 Å². The van der Waals surface area contributed by atoms with E-state index in [4.69, 9.17) is 17.3 Å². The summed E-state index contributed by atoms with van der Waals surface area (Å²) in [6, 6.07) is 0. The number of nitrogens with two attached hydrogens (primary N) is 1. The molecule has 9 heavy (non-hydrogen) atoms. The average Bonchev–Trinajstić information content (AvgIpc) is 1.80. The lowest BCUT2D eigenvalue weighted by molar-refractivity contribution is 0.585. The van der Waals surface area contributed by atoms with Gasteiger partial charge in [0.15, 0.2) is 0 Å². The molecule has 0 saturated carbocycles. The van der Waals surface area contributed by atoms with Crippen molar-refractivity contribution in [2.45, 2.75) is 0 Å². The molecule has 0 amide bonds. The van der Waals surface area contributed by atoms with Gasteiger partial charge in [-0.1, -0.05) is 0 Å². The molecule has 0 radical (unpaired) electrons. The standard InChI is InChI=1S/C4H3ClFN3/c5-4-8-1-2(7)3(6)9-4/h1H,7H2. The van der Waals surface area contributed by atoms with E-state index in [1.54, 1.807) is 0 Å². The van der Waals surface area contributed by atoms with Crippen molar-refractivity contribution in [1.82, 2.24) is 9.97 Å². The highest BCUT2D eigenvalue weighted by atomic mass is 35.5. The summed E-state index contributed by atoms with van der Waals surface area (Å²) < 4.78 is 12.2. The number of rotatable bonds is 0. The molecule has 0 aliphatic carbocycles. The number of hydrogen-bond acceptors (Lipinski definition) is 3. The Morgan fingerprint density at radius 2 is 2.33 bits per heavy atom. The highest BCUT2D eigenvalue weighted by Gasteiger charge is 1.98. The Bertz CT molecular complexity index is 227.